The van der Waals surface area contributed by atoms with Gasteiger partial charge in [0, 0.05) is 34.0 Å². The van der Waals surface area contributed by atoms with E-state index in [0.717, 1.165) is 37.4 Å². The number of amides is 1. The number of H-pyrrole nitrogens is 1. The third-order valence-corrected chi connectivity index (χ3v) is 6.32. The normalized spacial score (nSPS) is 11.2. The van der Waals surface area contributed by atoms with Gasteiger partial charge in [-0.3, -0.25) is 9.59 Å². The molecule has 5 rings (SSSR count). The molecule has 0 spiro atoms. The Hall–Kier alpha value is -3.84. The number of fused-ring (bicyclic) bond motifs is 2. The molecule has 3 aromatic heterocycles. The number of aromatic nitrogens is 3. The number of nitrogens with zero attached hydrogens (tertiary/aromatic N) is 2. The van der Waals surface area contributed by atoms with Gasteiger partial charge in [0.1, 0.15) is 15.4 Å². The number of aryl methyl sites for hydroxylation is 1. The van der Waals surface area contributed by atoms with E-state index in [1.807, 2.05) is 55.5 Å². The van der Waals surface area contributed by atoms with Crippen LogP contribution in [-0.4, -0.2) is 26.6 Å². The molecule has 1 amide bonds. The minimum atomic E-state index is -0.668. The number of anilines is 1. The van der Waals surface area contributed by atoms with E-state index in [4.69, 9.17) is 0 Å². The molecule has 0 bridgehead atoms. The van der Waals surface area contributed by atoms with Crippen molar-refractivity contribution in [2.75, 3.05) is 5.32 Å². The predicted octanol–water partition coefficient (Wildman–Crippen LogP) is 5.28. The summed E-state index contributed by atoms with van der Waals surface area (Å²) in [6.07, 6.45) is 1.74. The van der Waals surface area contributed by atoms with Crippen LogP contribution in [0, 0.1) is 13.8 Å². The number of Topliss-reactive ketones (excluding diaryl/α,β-unsaturated/α-hetero) is 1. The maximum atomic E-state index is 13.0. The van der Waals surface area contributed by atoms with E-state index in [-0.39, 0.29) is 0 Å². The second-order valence-electron chi connectivity index (χ2n) is 7.28. The van der Waals surface area contributed by atoms with Crippen LogP contribution in [-0.2, 0) is 4.79 Å². The average Bonchev–Trinajstić information content (AvgIpc) is 3.34. The van der Waals surface area contributed by atoms with Crippen molar-refractivity contribution in [3.8, 4) is 10.6 Å². The van der Waals surface area contributed by atoms with Crippen molar-refractivity contribution in [1.82, 2.24) is 15.0 Å². The molecule has 2 N–H and O–H groups in total. The molecule has 0 fully saturated rings. The monoisotopic (exact) mass is 426 g/mol. The molecule has 6 nitrogen and oxygen atoms in total. The lowest BCUT2D eigenvalue weighted by Gasteiger charge is -2.11. The molecule has 0 unspecified atom stereocenters. The topological polar surface area (TPSA) is 87.7 Å². The maximum Gasteiger partial charge on any atom is 0.296 e. The molecule has 0 saturated carbocycles. The number of ketones is 1. The number of aromatic amines is 1. The largest absolute Gasteiger partial charge is 0.358 e. The van der Waals surface area contributed by atoms with Gasteiger partial charge in [0.05, 0.1) is 5.56 Å². The van der Waals surface area contributed by atoms with Gasteiger partial charge < -0.3 is 10.3 Å². The molecule has 0 saturated heterocycles. The Balaban J connectivity index is 1.47. The number of pyridine rings is 1. The third kappa shape index (κ3) is 3.29. The summed E-state index contributed by atoms with van der Waals surface area (Å²) in [4.78, 5) is 38.9. The number of carbonyl (C=O) groups excluding carboxylic acids is 2. The zero-order valence-electron chi connectivity index (χ0n) is 16.9. The molecule has 7 heteroatoms. The van der Waals surface area contributed by atoms with Gasteiger partial charge in [0.25, 0.3) is 11.7 Å². The van der Waals surface area contributed by atoms with Gasteiger partial charge in [0.2, 0.25) is 0 Å². The molecule has 5 aromatic rings. The molecular formula is C24H18N4O2S. The Bertz CT molecular complexity index is 1450. The molecule has 0 aliphatic heterocycles. The van der Waals surface area contributed by atoms with Gasteiger partial charge in [-0.1, -0.05) is 41.7 Å². The minimum absolute atomic E-state index is 0.402. The van der Waals surface area contributed by atoms with Crippen molar-refractivity contribution >= 4 is 50.0 Å². The first-order valence-corrected chi connectivity index (χ1v) is 10.6. The molecule has 0 aliphatic rings. The fourth-order valence-electron chi connectivity index (χ4n) is 3.75. The molecule has 0 atom stereocenters. The Morgan fingerprint density at radius 2 is 1.84 bits per heavy atom. The van der Waals surface area contributed by atoms with E-state index >= 15 is 0 Å². The van der Waals surface area contributed by atoms with Gasteiger partial charge in [-0.25, -0.2) is 9.97 Å². The predicted molar refractivity (Wildman–Crippen MR) is 124 cm³/mol. The summed E-state index contributed by atoms with van der Waals surface area (Å²) in [6, 6.07) is 16.8. The SMILES string of the molecule is Cc1[nH]c2ccccc2c1C(=O)C(=O)Nc1cccc(-c2nc3cccnc3s2)c1C. The number of benzene rings is 2. The highest BCUT2D eigenvalue weighted by molar-refractivity contribution is 7.21. The van der Waals surface area contributed by atoms with Crippen LogP contribution in [0.2, 0.25) is 0 Å². The molecule has 3 heterocycles. The Morgan fingerprint density at radius 3 is 2.68 bits per heavy atom. The minimum Gasteiger partial charge on any atom is -0.358 e. The number of nitrogens with one attached hydrogen (secondary N) is 2. The smallest absolute Gasteiger partial charge is 0.296 e. The van der Waals surface area contributed by atoms with Crippen molar-refractivity contribution < 1.29 is 9.59 Å². The zero-order chi connectivity index (χ0) is 21.5. The number of hydrogen-bond donors (Lipinski definition) is 2. The summed E-state index contributed by atoms with van der Waals surface area (Å²) in [6.45, 7) is 3.71. The van der Waals surface area contributed by atoms with Crippen LogP contribution in [0.3, 0.4) is 0 Å². The highest BCUT2D eigenvalue weighted by Gasteiger charge is 2.23. The van der Waals surface area contributed by atoms with Crippen molar-refractivity contribution in [2.45, 2.75) is 13.8 Å². The lowest BCUT2D eigenvalue weighted by molar-refractivity contribution is -0.112. The van der Waals surface area contributed by atoms with Gasteiger partial charge in [-0.05, 0) is 43.7 Å². The first-order chi connectivity index (χ1) is 15.0. The number of thiazole rings is 1. The fraction of sp³-hybridized carbons (Fsp3) is 0.0833. The Labute approximate surface area is 182 Å². The summed E-state index contributed by atoms with van der Waals surface area (Å²) < 4.78 is 0. The molecular weight excluding hydrogens is 408 g/mol. The quantitative estimate of drug-likeness (QED) is 0.302. The highest BCUT2D eigenvalue weighted by atomic mass is 32.1. The number of hydrogen-bond acceptors (Lipinski definition) is 5. The van der Waals surface area contributed by atoms with Crippen LogP contribution in [0.15, 0.2) is 60.8 Å². The number of carbonyl (C=O) groups is 2. The van der Waals surface area contributed by atoms with Crippen LogP contribution in [0.5, 0.6) is 0 Å². The molecule has 0 aliphatic carbocycles. The Morgan fingerprint density at radius 1 is 1.00 bits per heavy atom. The standard InChI is InChI=1S/C24H18N4O2S/c1-13-15(23-28-19-11-6-12-25-24(19)31-23)8-5-10-17(13)27-22(30)21(29)20-14(2)26-18-9-4-3-7-16(18)20/h3-12,26H,1-2H3,(H,27,30). The lowest BCUT2D eigenvalue weighted by atomic mass is 10.0. The lowest BCUT2D eigenvalue weighted by Crippen LogP contribution is -2.23. The van der Waals surface area contributed by atoms with Crippen molar-refractivity contribution in [1.29, 1.82) is 0 Å². The summed E-state index contributed by atoms with van der Waals surface area (Å²) >= 11 is 1.49. The maximum absolute atomic E-state index is 13.0. The van der Waals surface area contributed by atoms with Crippen molar-refractivity contribution in [3.05, 3.63) is 77.6 Å². The fourth-order valence-corrected chi connectivity index (χ4v) is 4.74. The third-order valence-electron chi connectivity index (χ3n) is 5.31. The summed E-state index contributed by atoms with van der Waals surface area (Å²) in [5, 5.41) is 4.36. The van der Waals surface area contributed by atoms with Crippen LogP contribution >= 0.6 is 11.3 Å². The van der Waals surface area contributed by atoms with E-state index in [9.17, 15) is 9.59 Å². The van der Waals surface area contributed by atoms with Crippen molar-refractivity contribution in [3.63, 3.8) is 0 Å². The molecule has 2 aromatic carbocycles. The van der Waals surface area contributed by atoms with Gasteiger partial charge in [-0.15, -0.1) is 0 Å². The zero-order valence-corrected chi connectivity index (χ0v) is 17.7. The second kappa shape index (κ2) is 7.45. The van der Waals surface area contributed by atoms with Crippen LogP contribution in [0.1, 0.15) is 21.6 Å². The van der Waals surface area contributed by atoms with Crippen molar-refractivity contribution in [2.24, 2.45) is 0 Å². The summed E-state index contributed by atoms with van der Waals surface area (Å²) in [5.41, 5.74) is 5.07. The van der Waals surface area contributed by atoms with Crippen LogP contribution in [0.4, 0.5) is 5.69 Å². The van der Waals surface area contributed by atoms with Crippen LogP contribution < -0.4 is 5.32 Å². The number of rotatable bonds is 4. The van der Waals surface area contributed by atoms with Gasteiger partial charge >= 0.3 is 0 Å². The highest BCUT2D eigenvalue weighted by Crippen LogP contribution is 2.33. The van der Waals surface area contributed by atoms with E-state index < -0.39 is 11.7 Å². The van der Waals surface area contributed by atoms with E-state index in [1.54, 1.807) is 19.2 Å². The summed E-state index contributed by atoms with van der Waals surface area (Å²) in [7, 11) is 0. The van der Waals surface area contributed by atoms with Crippen LogP contribution in [0.25, 0.3) is 31.8 Å². The summed E-state index contributed by atoms with van der Waals surface area (Å²) in [5.74, 6) is -1.23. The first kappa shape index (κ1) is 19.1. The average molecular weight is 427 g/mol. The molecule has 152 valence electrons. The molecule has 31 heavy (non-hydrogen) atoms. The Kier molecular flexibility index (Phi) is 4.60. The van der Waals surface area contributed by atoms with Gasteiger partial charge in [0.15, 0.2) is 0 Å². The molecule has 0 radical (unpaired) electrons. The first-order valence-electron chi connectivity index (χ1n) is 9.77. The van der Waals surface area contributed by atoms with Gasteiger partial charge in [-0.2, -0.15) is 0 Å². The van der Waals surface area contributed by atoms with E-state index in [1.165, 1.54) is 11.3 Å². The van der Waals surface area contributed by atoms with E-state index in [0.29, 0.717) is 16.9 Å². The second-order valence-corrected chi connectivity index (χ2v) is 8.26. The number of para-hydroxylation sites is 1. The van der Waals surface area contributed by atoms with E-state index in [2.05, 4.69) is 20.3 Å².